The summed E-state index contributed by atoms with van der Waals surface area (Å²) in [5.74, 6) is -0.911. The van der Waals surface area contributed by atoms with E-state index in [1.807, 2.05) is 51.1 Å². The van der Waals surface area contributed by atoms with Crippen molar-refractivity contribution in [2.75, 3.05) is 0 Å². The number of aromatic carboxylic acids is 1. The summed E-state index contributed by atoms with van der Waals surface area (Å²) in [5.41, 5.74) is 2.92. The third-order valence-electron chi connectivity index (χ3n) is 4.01. The number of rotatable bonds is 3. The highest BCUT2D eigenvalue weighted by atomic mass is 16.4. The van der Waals surface area contributed by atoms with Crippen LogP contribution in [0.2, 0.25) is 0 Å². The fourth-order valence-corrected chi connectivity index (χ4v) is 2.75. The van der Waals surface area contributed by atoms with E-state index in [-0.39, 0.29) is 11.3 Å². The molecule has 4 heteroatoms. The minimum absolute atomic E-state index is 0.0453. The molecule has 0 aliphatic heterocycles. The van der Waals surface area contributed by atoms with Gasteiger partial charge in [0.15, 0.2) is 5.78 Å². The number of benzene rings is 2. The van der Waals surface area contributed by atoms with Crippen LogP contribution >= 0.6 is 0 Å². The lowest BCUT2D eigenvalue weighted by Crippen LogP contribution is -2.20. The molecule has 24 heavy (non-hydrogen) atoms. The van der Waals surface area contributed by atoms with Crippen molar-refractivity contribution in [3.8, 4) is 11.1 Å². The van der Waals surface area contributed by atoms with Gasteiger partial charge in [0.2, 0.25) is 0 Å². The lowest BCUT2D eigenvalue weighted by molar-refractivity contribution is 0.0696. The van der Waals surface area contributed by atoms with E-state index in [1.165, 1.54) is 0 Å². The van der Waals surface area contributed by atoms with Gasteiger partial charge >= 0.3 is 5.97 Å². The van der Waals surface area contributed by atoms with Crippen molar-refractivity contribution in [3.63, 3.8) is 0 Å². The molecule has 2 N–H and O–H groups in total. The number of aromatic nitrogens is 1. The summed E-state index contributed by atoms with van der Waals surface area (Å²) >= 11 is 0. The summed E-state index contributed by atoms with van der Waals surface area (Å²) in [6, 6.07) is 14.4. The van der Waals surface area contributed by atoms with Crippen molar-refractivity contribution < 1.29 is 14.7 Å². The number of H-pyrrole nitrogens is 1. The quantitative estimate of drug-likeness (QED) is 0.683. The van der Waals surface area contributed by atoms with E-state index < -0.39 is 11.4 Å². The second-order valence-corrected chi connectivity index (χ2v) is 6.91. The third-order valence-corrected chi connectivity index (χ3v) is 4.01. The Bertz CT molecular complexity index is 945. The van der Waals surface area contributed by atoms with E-state index in [1.54, 1.807) is 18.2 Å². The molecule has 1 heterocycles. The zero-order chi connectivity index (χ0) is 17.5. The first kappa shape index (κ1) is 16.0. The van der Waals surface area contributed by atoms with E-state index in [0.29, 0.717) is 5.69 Å². The molecule has 2 aromatic carbocycles. The Morgan fingerprint density at radius 3 is 2.38 bits per heavy atom. The van der Waals surface area contributed by atoms with E-state index >= 15 is 0 Å². The number of hydrogen-bond donors (Lipinski definition) is 2. The topological polar surface area (TPSA) is 70.2 Å². The molecule has 3 rings (SSSR count). The maximum Gasteiger partial charge on any atom is 0.335 e. The van der Waals surface area contributed by atoms with Gasteiger partial charge in [-0.25, -0.2) is 4.79 Å². The van der Waals surface area contributed by atoms with Crippen molar-refractivity contribution in [2.24, 2.45) is 5.41 Å². The van der Waals surface area contributed by atoms with Crippen LogP contribution in [0.4, 0.5) is 0 Å². The number of hydrogen-bond acceptors (Lipinski definition) is 2. The first-order valence-electron chi connectivity index (χ1n) is 7.77. The number of Topliss-reactive ketones (excluding diaryl/α,β-unsaturated/α-hetero) is 1. The molecule has 0 saturated heterocycles. The molecule has 0 radical (unpaired) electrons. The summed E-state index contributed by atoms with van der Waals surface area (Å²) in [5, 5.41) is 10.1. The SMILES string of the molecule is CC(C)(C)C(=O)c1cc2c(-c3cccc(C(=O)O)c3)cccc2[nH]1. The van der Waals surface area contributed by atoms with Crippen LogP contribution in [0.5, 0.6) is 0 Å². The number of ketones is 1. The number of carboxylic acids is 1. The highest BCUT2D eigenvalue weighted by Gasteiger charge is 2.24. The van der Waals surface area contributed by atoms with Gasteiger partial charge in [0, 0.05) is 16.3 Å². The highest BCUT2D eigenvalue weighted by molar-refractivity contribution is 6.05. The monoisotopic (exact) mass is 321 g/mol. The van der Waals surface area contributed by atoms with Crippen molar-refractivity contribution in [1.82, 2.24) is 4.98 Å². The summed E-state index contributed by atoms with van der Waals surface area (Å²) in [4.78, 5) is 26.9. The van der Waals surface area contributed by atoms with E-state index in [9.17, 15) is 14.7 Å². The molecule has 0 bridgehead atoms. The van der Waals surface area contributed by atoms with Gasteiger partial charge in [0.25, 0.3) is 0 Å². The minimum Gasteiger partial charge on any atom is -0.478 e. The summed E-state index contributed by atoms with van der Waals surface area (Å²) in [7, 11) is 0. The van der Waals surface area contributed by atoms with Crippen molar-refractivity contribution in [1.29, 1.82) is 0 Å². The Hall–Kier alpha value is -2.88. The second-order valence-electron chi connectivity index (χ2n) is 6.91. The Morgan fingerprint density at radius 2 is 1.71 bits per heavy atom. The Kier molecular flexibility index (Phi) is 3.76. The summed E-state index contributed by atoms with van der Waals surface area (Å²) in [6.45, 7) is 5.66. The molecule has 0 amide bonds. The molecule has 0 aliphatic rings. The first-order chi connectivity index (χ1) is 11.3. The average Bonchev–Trinajstić information content (AvgIpc) is 2.97. The predicted molar refractivity (Wildman–Crippen MR) is 94.5 cm³/mol. The Balaban J connectivity index is 2.16. The van der Waals surface area contributed by atoms with Crippen LogP contribution in [0.25, 0.3) is 22.0 Å². The zero-order valence-electron chi connectivity index (χ0n) is 13.9. The Labute approximate surface area is 140 Å². The largest absolute Gasteiger partial charge is 0.478 e. The number of carbonyl (C=O) groups excluding carboxylic acids is 1. The second kappa shape index (κ2) is 5.64. The van der Waals surface area contributed by atoms with Crippen molar-refractivity contribution in [3.05, 3.63) is 59.8 Å². The molecule has 0 atom stereocenters. The lowest BCUT2D eigenvalue weighted by atomic mass is 9.89. The number of carbonyl (C=O) groups is 2. The van der Waals surface area contributed by atoms with Crippen LogP contribution in [0.1, 0.15) is 41.6 Å². The smallest absolute Gasteiger partial charge is 0.335 e. The number of nitrogens with one attached hydrogen (secondary N) is 1. The molecule has 0 unspecified atom stereocenters. The van der Waals surface area contributed by atoms with Crippen molar-refractivity contribution >= 4 is 22.7 Å². The molecule has 3 aromatic rings. The van der Waals surface area contributed by atoms with Gasteiger partial charge in [-0.2, -0.15) is 0 Å². The highest BCUT2D eigenvalue weighted by Crippen LogP contribution is 2.31. The van der Waals surface area contributed by atoms with E-state index in [2.05, 4.69) is 4.98 Å². The van der Waals surface area contributed by atoms with Gasteiger partial charge in [-0.1, -0.05) is 45.0 Å². The standard InChI is InChI=1S/C20H19NO3/c1-20(2,3)18(22)17-11-15-14(8-5-9-16(15)21-17)12-6-4-7-13(10-12)19(23)24/h4-11,21H,1-3H3,(H,23,24). The average molecular weight is 321 g/mol. The van der Waals surface area contributed by atoms with E-state index in [0.717, 1.165) is 22.0 Å². The van der Waals surface area contributed by atoms with Gasteiger partial charge in [-0.05, 0) is 35.4 Å². The minimum atomic E-state index is -0.957. The normalized spacial score (nSPS) is 11.6. The number of fused-ring (bicyclic) bond motifs is 1. The van der Waals surface area contributed by atoms with Gasteiger partial charge in [0.05, 0.1) is 11.3 Å². The molecule has 0 spiro atoms. The maximum absolute atomic E-state index is 12.5. The lowest BCUT2D eigenvalue weighted by Gasteiger charge is -2.14. The molecule has 4 nitrogen and oxygen atoms in total. The summed E-state index contributed by atoms with van der Waals surface area (Å²) in [6.07, 6.45) is 0. The zero-order valence-corrected chi connectivity index (χ0v) is 13.9. The fourth-order valence-electron chi connectivity index (χ4n) is 2.75. The molecule has 0 aliphatic carbocycles. The van der Waals surface area contributed by atoms with Crippen LogP contribution in [-0.4, -0.2) is 21.8 Å². The van der Waals surface area contributed by atoms with E-state index in [4.69, 9.17) is 0 Å². The molecule has 0 saturated carbocycles. The maximum atomic E-state index is 12.5. The van der Waals surface area contributed by atoms with Crippen LogP contribution in [-0.2, 0) is 0 Å². The number of carboxylic acid groups (broad SMARTS) is 1. The summed E-state index contributed by atoms with van der Waals surface area (Å²) < 4.78 is 0. The van der Waals surface area contributed by atoms with Crippen LogP contribution < -0.4 is 0 Å². The molecular weight excluding hydrogens is 302 g/mol. The van der Waals surface area contributed by atoms with Gasteiger partial charge in [-0.15, -0.1) is 0 Å². The molecule has 0 fully saturated rings. The predicted octanol–water partition coefficient (Wildman–Crippen LogP) is 4.76. The fraction of sp³-hybridized carbons (Fsp3) is 0.200. The van der Waals surface area contributed by atoms with Crippen LogP contribution in [0.3, 0.4) is 0 Å². The Morgan fingerprint density at radius 1 is 1.00 bits per heavy atom. The third kappa shape index (κ3) is 2.83. The molecular formula is C20H19NO3. The van der Waals surface area contributed by atoms with Crippen molar-refractivity contribution in [2.45, 2.75) is 20.8 Å². The van der Waals surface area contributed by atoms with Gasteiger partial charge in [-0.3, -0.25) is 4.79 Å². The number of aromatic amines is 1. The van der Waals surface area contributed by atoms with Gasteiger partial charge in [0.1, 0.15) is 0 Å². The first-order valence-corrected chi connectivity index (χ1v) is 7.77. The van der Waals surface area contributed by atoms with Crippen LogP contribution in [0.15, 0.2) is 48.5 Å². The van der Waals surface area contributed by atoms with Crippen LogP contribution in [0, 0.1) is 5.41 Å². The van der Waals surface area contributed by atoms with Gasteiger partial charge < -0.3 is 10.1 Å². The molecule has 122 valence electrons. The molecule has 1 aromatic heterocycles.